The number of rotatable bonds is 3. The maximum absolute atomic E-state index is 10.7. The summed E-state index contributed by atoms with van der Waals surface area (Å²) in [6.45, 7) is 0. The van der Waals surface area contributed by atoms with Gasteiger partial charge in [-0.05, 0) is 11.6 Å². The Morgan fingerprint density at radius 1 is 1.40 bits per heavy atom. The predicted octanol–water partition coefficient (Wildman–Crippen LogP) is 2.90. The summed E-state index contributed by atoms with van der Waals surface area (Å²) in [5.74, 6) is 0. The van der Waals surface area contributed by atoms with Crippen LogP contribution in [-0.2, 0) is 11.2 Å². The van der Waals surface area contributed by atoms with Crippen LogP contribution >= 0.6 is 35.8 Å². The van der Waals surface area contributed by atoms with Crippen molar-refractivity contribution in [3.05, 3.63) is 37.9 Å². The Morgan fingerprint density at radius 3 is 2.47 bits per heavy atom. The zero-order valence-electron chi connectivity index (χ0n) is 7.24. The molecule has 1 aromatic carbocycles. The Bertz CT molecular complexity index is 436. The zero-order chi connectivity index (χ0) is 11.6. The minimum Gasteiger partial charge on any atom is -0.287 e. The van der Waals surface area contributed by atoms with Crippen LogP contribution in [0.1, 0.15) is 5.56 Å². The molecule has 1 aromatic rings. The van der Waals surface area contributed by atoms with Crippen molar-refractivity contribution in [1.29, 1.82) is 0 Å². The van der Waals surface area contributed by atoms with Gasteiger partial charge in [-0.25, -0.2) is 0 Å². The number of nitro benzene ring substituents is 1. The standard InChI is InChI=1S/C8H5Cl2NO3S/c9-5-3-7(11(13)14)6(10)1-4(5)2-8(12)15/h1,3H,2H2,(H,12,15). The molecule has 0 aromatic heterocycles. The second kappa shape index (κ2) is 4.83. The molecular weight excluding hydrogens is 261 g/mol. The van der Waals surface area contributed by atoms with Crippen molar-refractivity contribution in [1.82, 2.24) is 0 Å². The van der Waals surface area contributed by atoms with Gasteiger partial charge in [-0.3, -0.25) is 14.9 Å². The third-order valence-corrected chi connectivity index (χ3v) is 2.47. The fourth-order valence-corrected chi connectivity index (χ4v) is 1.67. The van der Waals surface area contributed by atoms with Crippen LogP contribution in [0.25, 0.3) is 0 Å². The Kier molecular flexibility index (Phi) is 3.96. The fraction of sp³-hybridized carbons (Fsp3) is 0.125. The summed E-state index contributed by atoms with van der Waals surface area (Å²) in [6, 6.07) is 2.42. The van der Waals surface area contributed by atoms with E-state index in [0.29, 0.717) is 5.56 Å². The summed E-state index contributed by atoms with van der Waals surface area (Å²) < 4.78 is 0. The molecule has 0 fully saturated rings. The van der Waals surface area contributed by atoms with Crippen molar-refractivity contribution in [2.24, 2.45) is 0 Å². The molecule has 0 aliphatic carbocycles. The highest BCUT2D eigenvalue weighted by molar-refractivity contribution is 7.96. The van der Waals surface area contributed by atoms with E-state index in [-0.39, 0.29) is 27.3 Å². The highest BCUT2D eigenvalue weighted by Gasteiger charge is 2.16. The van der Waals surface area contributed by atoms with E-state index in [1.807, 2.05) is 0 Å². The molecule has 1 rings (SSSR count). The maximum atomic E-state index is 10.7. The number of hydrogen-bond donors (Lipinski definition) is 1. The molecule has 4 nitrogen and oxygen atoms in total. The van der Waals surface area contributed by atoms with Crippen molar-refractivity contribution < 1.29 is 9.72 Å². The molecule has 0 atom stereocenters. The fourth-order valence-electron chi connectivity index (χ4n) is 1.02. The lowest BCUT2D eigenvalue weighted by molar-refractivity contribution is -0.384. The van der Waals surface area contributed by atoms with Crippen LogP contribution in [0.15, 0.2) is 12.1 Å². The first-order chi connectivity index (χ1) is 6.91. The summed E-state index contributed by atoms with van der Waals surface area (Å²) >= 11 is 15.0. The Hall–Kier alpha value is -0.780. The number of carbonyl (C=O) groups excluding carboxylic acids is 1. The van der Waals surface area contributed by atoms with Gasteiger partial charge in [0.2, 0.25) is 0 Å². The van der Waals surface area contributed by atoms with Gasteiger partial charge in [-0.15, -0.1) is 12.6 Å². The van der Waals surface area contributed by atoms with E-state index in [1.165, 1.54) is 6.07 Å². The molecule has 7 heteroatoms. The second-order valence-corrected chi connectivity index (χ2v) is 4.04. The molecule has 0 saturated carbocycles. The SMILES string of the molecule is O=C(S)Cc1cc(Cl)c([N+](=O)[O-])cc1Cl. The van der Waals surface area contributed by atoms with Gasteiger partial charge in [-0.2, -0.15) is 0 Å². The van der Waals surface area contributed by atoms with Crippen LogP contribution in [-0.4, -0.2) is 10.0 Å². The Balaban J connectivity index is 3.19. The first kappa shape index (κ1) is 12.3. The van der Waals surface area contributed by atoms with Crippen LogP contribution in [0, 0.1) is 10.1 Å². The number of halogens is 2. The number of hydrogen-bond acceptors (Lipinski definition) is 3. The lowest BCUT2D eigenvalue weighted by Gasteiger charge is -2.02. The van der Waals surface area contributed by atoms with Crippen LogP contribution < -0.4 is 0 Å². The van der Waals surface area contributed by atoms with Gasteiger partial charge in [0.1, 0.15) is 5.02 Å². The highest BCUT2D eigenvalue weighted by atomic mass is 35.5. The van der Waals surface area contributed by atoms with E-state index < -0.39 is 4.92 Å². The monoisotopic (exact) mass is 265 g/mol. The minimum atomic E-state index is -0.638. The van der Waals surface area contributed by atoms with Gasteiger partial charge >= 0.3 is 0 Å². The van der Waals surface area contributed by atoms with Gasteiger partial charge in [0, 0.05) is 12.5 Å². The van der Waals surface area contributed by atoms with E-state index in [4.69, 9.17) is 23.2 Å². The smallest absolute Gasteiger partial charge is 0.287 e. The summed E-state index contributed by atoms with van der Waals surface area (Å²) in [6.07, 6.45) is -0.0142. The van der Waals surface area contributed by atoms with Crippen LogP contribution in [0.3, 0.4) is 0 Å². The third-order valence-electron chi connectivity index (χ3n) is 1.65. The number of thiol groups is 1. The Morgan fingerprint density at radius 2 is 2.00 bits per heavy atom. The van der Waals surface area contributed by atoms with Gasteiger partial charge in [0.15, 0.2) is 5.12 Å². The highest BCUT2D eigenvalue weighted by Crippen LogP contribution is 2.31. The molecule has 0 heterocycles. The molecule has 0 spiro atoms. The third kappa shape index (κ3) is 3.09. The number of nitrogens with zero attached hydrogens (tertiary/aromatic N) is 1. The van der Waals surface area contributed by atoms with Crippen molar-refractivity contribution >= 4 is 46.6 Å². The van der Waals surface area contributed by atoms with E-state index in [1.54, 1.807) is 0 Å². The first-order valence-electron chi connectivity index (χ1n) is 3.76. The molecule has 0 N–H and O–H groups in total. The molecule has 0 radical (unpaired) electrons. The van der Waals surface area contributed by atoms with Crippen molar-refractivity contribution in [2.75, 3.05) is 0 Å². The molecule has 0 aliphatic rings. The first-order valence-corrected chi connectivity index (χ1v) is 4.96. The quantitative estimate of drug-likeness (QED) is 0.519. The largest absolute Gasteiger partial charge is 0.289 e. The van der Waals surface area contributed by atoms with Gasteiger partial charge in [0.25, 0.3) is 5.69 Å². The summed E-state index contributed by atoms with van der Waals surface area (Å²) in [4.78, 5) is 20.6. The van der Waals surface area contributed by atoms with Gasteiger partial charge < -0.3 is 0 Å². The lowest BCUT2D eigenvalue weighted by atomic mass is 10.1. The molecule has 0 amide bonds. The van der Waals surface area contributed by atoms with Gasteiger partial charge in [0.05, 0.1) is 9.95 Å². The van der Waals surface area contributed by atoms with Crippen LogP contribution in [0.5, 0.6) is 0 Å². The van der Waals surface area contributed by atoms with Crippen molar-refractivity contribution in [3.8, 4) is 0 Å². The van der Waals surface area contributed by atoms with E-state index in [0.717, 1.165) is 6.07 Å². The minimum absolute atomic E-state index is 0.0142. The van der Waals surface area contributed by atoms with Crippen molar-refractivity contribution in [3.63, 3.8) is 0 Å². The molecule has 0 aliphatic heterocycles. The topological polar surface area (TPSA) is 60.2 Å². The zero-order valence-corrected chi connectivity index (χ0v) is 9.64. The number of nitro groups is 1. The molecular formula is C8H5Cl2NO3S. The van der Waals surface area contributed by atoms with Crippen LogP contribution in [0.4, 0.5) is 5.69 Å². The predicted molar refractivity (Wildman–Crippen MR) is 60.8 cm³/mol. The van der Waals surface area contributed by atoms with E-state index in [2.05, 4.69) is 12.6 Å². The maximum Gasteiger partial charge on any atom is 0.289 e. The summed E-state index contributed by atoms with van der Waals surface area (Å²) in [5, 5.41) is 10.2. The van der Waals surface area contributed by atoms with E-state index >= 15 is 0 Å². The molecule has 0 saturated heterocycles. The Labute approximate surface area is 101 Å². The van der Waals surface area contributed by atoms with Crippen molar-refractivity contribution in [2.45, 2.75) is 6.42 Å². The summed E-state index contributed by atoms with van der Waals surface area (Å²) in [5.41, 5.74) is 0.143. The normalized spacial score (nSPS) is 10.1. The number of benzene rings is 1. The molecule has 15 heavy (non-hydrogen) atoms. The van der Waals surface area contributed by atoms with Crippen LogP contribution in [0.2, 0.25) is 10.0 Å². The number of carbonyl (C=O) groups is 1. The summed E-state index contributed by atoms with van der Waals surface area (Å²) in [7, 11) is 0. The molecule has 0 unspecified atom stereocenters. The molecule has 80 valence electrons. The average molecular weight is 266 g/mol. The van der Waals surface area contributed by atoms with E-state index in [9.17, 15) is 14.9 Å². The average Bonchev–Trinajstić information content (AvgIpc) is 2.09. The lowest BCUT2D eigenvalue weighted by Crippen LogP contribution is -1.97. The second-order valence-electron chi connectivity index (χ2n) is 2.72. The van der Waals surface area contributed by atoms with Gasteiger partial charge in [-0.1, -0.05) is 23.2 Å². The molecule has 0 bridgehead atoms.